The number of hydrogen-bond acceptors (Lipinski definition) is 2. The third-order valence-electron chi connectivity index (χ3n) is 3.96. The van der Waals surface area contributed by atoms with E-state index in [0.717, 1.165) is 22.2 Å². The van der Waals surface area contributed by atoms with Crippen molar-refractivity contribution >= 4 is 28.4 Å². The maximum absolute atomic E-state index is 12.5. The number of halogens is 1. The summed E-state index contributed by atoms with van der Waals surface area (Å²) in [6.07, 6.45) is 0. The van der Waals surface area contributed by atoms with Crippen LogP contribution in [-0.4, -0.2) is 15.7 Å². The van der Waals surface area contributed by atoms with Crippen molar-refractivity contribution < 1.29 is 4.79 Å². The minimum Gasteiger partial charge on any atom is -0.350 e. The average molecular weight is 328 g/mol. The number of para-hydroxylation sites is 1. The molecule has 1 aromatic heterocycles. The van der Waals surface area contributed by atoms with Gasteiger partial charge in [0.05, 0.1) is 11.2 Å². The largest absolute Gasteiger partial charge is 0.350 e. The van der Waals surface area contributed by atoms with E-state index in [1.165, 1.54) is 0 Å². The van der Waals surface area contributed by atoms with E-state index in [4.69, 9.17) is 11.6 Å². The highest BCUT2D eigenvalue weighted by Gasteiger charge is 2.19. The Labute approximate surface area is 140 Å². The highest BCUT2D eigenvalue weighted by Crippen LogP contribution is 2.21. The summed E-state index contributed by atoms with van der Waals surface area (Å²) in [7, 11) is 0. The van der Waals surface area contributed by atoms with Crippen molar-refractivity contribution in [2.75, 3.05) is 0 Å². The normalized spacial score (nSPS) is 12.3. The van der Waals surface area contributed by atoms with Gasteiger partial charge < -0.3 is 5.32 Å². The first-order valence-electron chi connectivity index (χ1n) is 7.53. The van der Waals surface area contributed by atoms with Crippen LogP contribution in [0.5, 0.6) is 0 Å². The summed E-state index contributed by atoms with van der Waals surface area (Å²) in [5.74, 6) is -0.0850. The van der Waals surface area contributed by atoms with E-state index in [2.05, 4.69) is 10.4 Å². The molecule has 1 atom stereocenters. The molecule has 118 valence electrons. The summed E-state index contributed by atoms with van der Waals surface area (Å²) in [6.45, 7) is 4.20. The van der Waals surface area contributed by atoms with Crippen LogP contribution in [-0.2, 0) is 11.3 Å². The second-order valence-electron chi connectivity index (χ2n) is 5.53. The van der Waals surface area contributed by atoms with Crippen LogP contribution in [0.1, 0.15) is 24.2 Å². The molecule has 0 fully saturated rings. The molecule has 0 saturated heterocycles. The molecule has 23 heavy (non-hydrogen) atoms. The minimum absolute atomic E-state index is 0.0850. The second kappa shape index (κ2) is 6.42. The van der Waals surface area contributed by atoms with Crippen LogP contribution in [0.3, 0.4) is 0 Å². The molecule has 0 aliphatic carbocycles. The molecule has 0 aliphatic heterocycles. The summed E-state index contributed by atoms with van der Waals surface area (Å²) in [6, 6.07) is 15.0. The predicted molar refractivity (Wildman–Crippen MR) is 92.5 cm³/mol. The van der Waals surface area contributed by atoms with E-state index in [1.54, 1.807) is 4.68 Å². The lowest BCUT2D eigenvalue weighted by Gasteiger charge is -2.14. The SMILES string of the molecule is Cc1nn(C(C)C(=O)NCc2ccccc2Cl)c2ccccc12. The lowest BCUT2D eigenvalue weighted by Crippen LogP contribution is -2.31. The second-order valence-corrected chi connectivity index (χ2v) is 5.94. The summed E-state index contributed by atoms with van der Waals surface area (Å²) in [5.41, 5.74) is 2.79. The standard InChI is InChI=1S/C18H18ClN3O/c1-12-15-8-4-6-10-17(15)22(21-12)13(2)18(23)20-11-14-7-3-5-9-16(14)19/h3-10,13H,11H2,1-2H3,(H,20,23). The average Bonchev–Trinajstić information content (AvgIpc) is 2.90. The van der Waals surface area contributed by atoms with Crippen molar-refractivity contribution in [2.24, 2.45) is 0 Å². The predicted octanol–water partition coefficient (Wildman–Crippen LogP) is 3.88. The lowest BCUT2D eigenvalue weighted by molar-refractivity contribution is -0.124. The molecule has 2 aromatic carbocycles. The van der Waals surface area contributed by atoms with Gasteiger partial charge in [0.2, 0.25) is 5.91 Å². The Balaban J connectivity index is 1.78. The van der Waals surface area contributed by atoms with Gasteiger partial charge in [-0.3, -0.25) is 9.48 Å². The van der Waals surface area contributed by atoms with Gasteiger partial charge in [0.15, 0.2) is 0 Å². The highest BCUT2D eigenvalue weighted by atomic mass is 35.5. The molecule has 0 bridgehead atoms. The zero-order valence-electron chi connectivity index (χ0n) is 13.1. The fourth-order valence-corrected chi connectivity index (χ4v) is 2.83. The number of benzene rings is 2. The number of aromatic nitrogens is 2. The maximum atomic E-state index is 12.5. The number of carbonyl (C=O) groups is 1. The van der Waals surface area contributed by atoms with Crippen molar-refractivity contribution in [1.82, 2.24) is 15.1 Å². The molecular weight excluding hydrogens is 310 g/mol. The first-order chi connectivity index (χ1) is 11.1. The number of rotatable bonds is 4. The van der Waals surface area contributed by atoms with Crippen molar-refractivity contribution in [3.63, 3.8) is 0 Å². The van der Waals surface area contributed by atoms with Crippen molar-refractivity contribution in [1.29, 1.82) is 0 Å². The number of amides is 1. The summed E-state index contributed by atoms with van der Waals surface area (Å²) in [4.78, 5) is 12.5. The fourth-order valence-electron chi connectivity index (χ4n) is 2.63. The number of nitrogens with one attached hydrogen (secondary N) is 1. The third kappa shape index (κ3) is 3.08. The zero-order chi connectivity index (χ0) is 16.4. The Morgan fingerprint density at radius 3 is 2.70 bits per heavy atom. The van der Waals surface area contributed by atoms with Gasteiger partial charge in [-0.15, -0.1) is 0 Å². The monoisotopic (exact) mass is 327 g/mol. The Hall–Kier alpha value is -2.33. The minimum atomic E-state index is -0.393. The molecule has 0 aliphatic rings. The first kappa shape index (κ1) is 15.6. The Kier molecular flexibility index (Phi) is 4.35. The number of fused-ring (bicyclic) bond motifs is 1. The Bertz CT molecular complexity index is 856. The van der Waals surface area contributed by atoms with Crippen LogP contribution in [0, 0.1) is 6.92 Å². The van der Waals surface area contributed by atoms with Gasteiger partial charge in [-0.25, -0.2) is 0 Å². The molecule has 0 saturated carbocycles. The number of aryl methyl sites for hydroxylation is 1. The van der Waals surface area contributed by atoms with Gasteiger partial charge in [0.25, 0.3) is 0 Å². The number of carbonyl (C=O) groups excluding carboxylic acids is 1. The smallest absolute Gasteiger partial charge is 0.244 e. The summed E-state index contributed by atoms with van der Waals surface area (Å²) < 4.78 is 1.77. The van der Waals surface area contributed by atoms with Gasteiger partial charge in [0, 0.05) is 17.0 Å². The van der Waals surface area contributed by atoms with Crippen LogP contribution < -0.4 is 5.32 Å². The Morgan fingerprint density at radius 2 is 1.91 bits per heavy atom. The maximum Gasteiger partial charge on any atom is 0.244 e. The van der Waals surface area contributed by atoms with Crippen LogP contribution >= 0.6 is 11.6 Å². The van der Waals surface area contributed by atoms with Crippen molar-refractivity contribution in [3.05, 3.63) is 64.8 Å². The van der Waals surface area contributed by atoms with Crippen LogP contribution in [0.15, 0.2) is 48.5 Å². The molecule has 3 aromatic rings. The summed E-state index contributed by atoms with van der Waals surface area (Å²) >= 11 is 6.12. The first-order valence-corrected chi connectivity index (χ1v) is 7.90. The third-order valence-corrected chi connectivity index (χ3v) is 4.32. The highest BCUT2D eigenvalue weighted by molar-refractivity contribution is 6.31. The molecule has 1 amide bonds. The van der Waals surface area contributed by atoms with Gasteiger partial charge in [-0.05, 0) is 31.5 Å². The van der Waals surface area contributed by atoms with Gasteiger partial charge in [-0.1, -0.05) is 48.0 Å². The molecule has 1 N–H and O–H groups in total. The van der Waals surface area contributed by atoms with Crippen molar-refractivity contribution in [2.45, 2.75) is 26.4 Å². The molecule has 4 nitrogen and oxygen atoms in total. The van der Waals surface area contributed by atoms with Crippen LogP contribution in [0.2, 0.25) is 5.02 Å². The zero-order valence-corrected chi connectivity index (χ0v) is 13.8. The molecule has 0 spiro atoms. The fraction of sp³-hybridized carbons (Fsp3) is 0.222. The summed E-state index contributed by atoms with van der Waals surface area (Å²) in [5, 5.41) is 9.16. The van der Waals surface area contributed by atoms with Gasteiger partial charge >= 0.3 is 0 Å². The molecule has 1 heterocycles. The van der Waals surface area contributed by atoms with Gasteiger partial charge in [0.1, 0.15) is 6.04 Å². The molecule has 0 radical (unpaired) electrons. The van der Waals surface area contributed by atoms with E-state index < -0.39 is 6.04 Å². The van der Waals surface area contributed by atoms with Gasteiger partial charge in [-0.2, -0.15) is 5.10 Å². The Morgan fingerprint density at radius 1 is 1.22 bits per heavy atom. The number of nitrogens with zero attached hydrogens (tertiary/aromatic N) is 2. The molecule has 3 rings (SSSR count). The number of hydrogen-bond donors (Lipinski definition) is 1. The molecular formula is C18H18ClN3O. The lowest BCUT2D eigenvalue weighted by atomic mass is 10.2. The van der Waals surface area contributed by atoms with E-state index in [9.17, 15) is 4.79 Å². The molecule has 1 unspecified atom stereocenters. The quantitative estimate of drug-likeness (QED) is 0.790. The van der Waals surface area contributed by atoms with E-state index >= 15 is 0 Å². The van der Waals surface area contributed by atoms with E-state index in [0.29, 0.717) is 11.6 Å². The van der Waals surface area contributed by atoms with E-state index in [1.807, 2.05) is 62.4 Å². The van der Waals surface area contributed by atoms with E-state index in [-0.39, 0.29) is 5.91 Å². The van der Waals surface area contributed by atoms with Crippen LogP contribution in [0.25, 0.3) is 10.9 Å². The van der Waals surface area contributed by atoms with Crippen LogP contribution in [0.4, 0.5) is 0 Å². The molecule has 5 heteroatoms. The van der Waals surface area contributed by atoms with Crippen molar-refractivity contribution in [3.8, 4) is 0 Å². The topological polar surface area (TPSA) is 46.9 Å².